The third kappa shape index (κ3) is 5.54. The average molecular weight is 898 g/mol. The molecule has 8 aromatic carbocycles. The molecule has 0 saturated heterocycles. The summed E-state index contributed by atoms with van der Waals surface area (Å²) in [6.45, 7) is 21.4. The topological polar surface area (TPSA) is 30.1 Å². The van der Waals surface area contributed by atoms with Crippen molar-refractivity contribution in [3.8, 4) is 27.9 Å². The number of benzene rings is 8. The van der Waals surface area contributed by atoms with Gasteiger partial charge in [0.05, 0.1) is 5.52 Å². The molecule has 14 rings (SSSR count). The van der Waals surface area contributed by atoms with Crippen molar-refractivity contribution in [3.05, 3.63) is 161 Å². The van der Waals surface area contributed by atoms with Crippen molar-refractivity contribution < 1.29 is 4.42 Å². The second kappa shape index (κ2) is 13.4. The lowest BCUT2D eigenvalue weighted by Gasteiger charge is -2.41. The van der Waals surface area contributed by atoms with Crippen LogP contribution in [0.2, 0.25) is 0 Å². The smallest absolute Gasteiger partial charge is 0.197 e. The third-order valence-corrected chi connectivity index (χ3v) is 17.8. The van der Waals surface area contributed by atoms with Crippen LogP contribution in [0, 0.1) is 0 Å². The van der Waals surface area contributed by atoms with Gasteiger partial charge in [-0.3, -0.25) is 0 Å². The largest absolute Gasteiger partial charge is 0.456 e. The number of nitrogens with one attached hydrogen (secondary N) is 1. The Morgan fingerprint density at radius 2 is 1.28 bits per heavy atom. The maximum absolute atomic E-state index is 6.58. The number of thiophene rings is 1. The van der Waals surface area contributed by atoms with Gasteiger partial charge in [-0.2, -0.15) is 0 Å². The maximum atomic E-state index is 6.58. The van der Waals surface area contributed by atoms with E-state index in [1.165, 1.54) is 122 Å². The molecule has 0 saturated carbocycles. The van der Waals surface area contributed by atoms with E-state index in [1.54, 1.807) is 0 Å². The fourth-order valence-electron chi connectivity index (χ4n) is 12.6. The molecule has 1 N–H and O–H groups in total. The molecule has 3 aliphatic rings. The summed E-state index contributed by atoms with van der Waals surface area (Å²) in [6, 6.07) is 51.1. The fourth-order valence-corrected chi connectivity index (χ4v) is 13.8. The minimum Gasteiger partial charge on any atom is -0.456 e. The first-order valence-corrected chi connectivity index (χ1v) is 25.3. The minimum atomic E-state index is -0.127. The van der Waals surface area contributed by atoms with Gasteiger partial charge >= 0.3 is 0 Å². The molecule has 68 heavy (non-hydrogen) atoms. The van der Waals surface area contributed by atoms with E-state index in [0.29, 0.717) is 0 Å². The Morgan fingerprint density at radius 3 is 2.07 bits per heavy atom. The molecule has 0 fully saturated rings. The van der Waals surface area contributed by atoms with Crippen molar-refractivity contribution in [2.24, 2.45) is 0 Å². The molecular formula is C63H54BN2OS. The van der Waals surface area contributed by atoms with Crippen LogP contribution in [0.3, 0.4) is 0 Å². The maximum Gasteiger partial charge on any atom is 0.197 e. The van der Waals surface area contributed by atoms with E-state index >= 15 is 0 Å². The molecule has 1 aliphatic heterocycles. The second-order valence-corrected chi connectivity index (χ2v) is 24.2. The summed E-state index contributed by atoms with van der Waals surface area (Å²) < 4.78 is 11.8. The Kier molecular flexibility index (Phi) is 7.96. The van der Waals surface area contributed by atoms with Gasteiger partial charge in [0.25, 0.3) is 0 Å². The van der Waals surface area contributed by atoms with Gasteiger partial charge in [-0.05, 0) is 140 Å². The Morgan fingerprint density at radius 1 is 0.559 bits per heavy atom. The van der Waals surface area contributed by atoms with Gasteiger partial charge in [0.1, 0.15) is 11.2 Å². The number of hydrogen-bond donors (Lipinski definition) is 1. The van der Waals surface area contributed by atoms with Crippen molar-refractivity contribution >= 4 is 105 Å². The molecular weight excluding hydrogens is 844 g/mol. The SMILES string of the molecule is CC(C)(C)c1ccc(Nc2cc3sc4cc5c(cc4c3cc2-c2ccc3c4cc6oc7ccccc7c6cc4n4c3c2[B]c2cc3c(cc2-4)-c2ccccc2C3(C)C)C(C)(C)CCC5(C)C)cc1. The van der Waals surface area contributed by atoms with E-state index < -0.39 is 0 Å². The summed E-state index contributed by atoms with van der Waals surface area (Å²) in [6.07, 6.45) is 2.39. The molecule has 0 spiro atoms. The van der Waals surface area contributed by atoms with Crippen molar-refractivity contribution in [3.63, 3.8) is 0 Å². The number of hydrogen-bond acceptors (Lipinski definition) is 3. The standard InChI is InChI=1S/C63H54BN2OS/c1-60(2,3)34-18-20-35(21-19-34)65-51-33-57-44(45-27-48-49(32-56(45)68-57)62(6,7)25-24-61(48,4)5)26-41(51)38-22-23-39-42-30-55-43(37-15-11-13-17-54(37)67-55)29-52(42)66-53-28-40-36-14-10-12-16-46(36)63(8,9)47(40)31-50(53)64-58(38)59(39)66/h10-23,26-33,65H,24-25H2,1-9H3. The van der Waals surface area contributed by atoms with E-state index in [9.17, 15) is 0 Å². The van der Waals surface area contributed by atoms with Gasteiger partial charge < -0.3 is 14.3 Å². The van der Waals surface area contributed by atoms with Crippen LogP contribution in [0.5, 0.6) is 0 Å². The lowest BCUT2D eigenvalue weighted by atomic mass is 9.58. The zero-order chi connectivity index (χ0) is 46.4. The number of furan rings is 1. The normalized spacial score (nSPS) is 16.4. The van der Waals surface area contributed by atoms with Crippen LogP contribution >= 0.6 is 11.3 Å². The Balaban J connectivity index is 1.06. The summed E-state index contributed by atoms with van der Waals surface area (Å²) in [4.78, 5) is 0. The average Bonchev–Trinajstić information content (AvgIpc) is 4.02. The van der Waals surface area contributed by atoms with Crippen LogP contribution in [-0.2, 0) is 21.7 Å². The van der Waals surface area contributed by atoms with E-state index in [4.69, 9.17) is 4.42 Å². The fraction of sp³-hybridized carbons (Fsp3) is 0.238. The van der Waals surface area contributed by atoms with Crippen LogP contribution in [0.1, 0.15) is 103 Å². The zero-order valence-electron chi connectivity index (χ0n) is 40.5. The first-order chi connectivity index (χ1) is 32.5. The highest BCUT2D eigenvalue weighted by molar-refractivity contribution is 7.25. The van der Waals surface area contributed by atoms with E-state index in [-0.39, 0.29) is 21.7 Å². The molecule has 1 radical (unpaired) electrons. The summed E-state index contributed by atoms with van der Waals surface area (Å²) in [5, 5.41) is 11.4. The summed E-state index contributed by atoms with van der Waals surface area (Å²) >= 11 is 1.94. The Labute approximate surface area is 403 Å². The van der Waals surface area contributed by atoms with Crippen LogP contribution < -0.4 is 16.2 Å². The monoisotopic (exact) mass is 897 g/mol. The highest BCUT2D eigenvalue weighted by Gasteiger charge is 2.39. The molecule has 0 bridgehead atoms. The summed E-state index contributed by atoms with van der Waals surface area (Å²) in [7, 11) is 2.50. The molecule has 331 valence electrons. The number of aromatic nitrogens is 1. The number of para-hydroxylation sites is 1. The summed E-state index contributed by atoms with van der Waals surface area (Å²) in [5.74, 6) is 0. The Hall–Kier alpha value is -6.56. The predicted octanol–water partition coefficient (Wildman–Crippen LogP) is 16.4. The molecule has 3 aromatic heterocycles. The predicted molar refractivity (Wildman–Crippen MR) is 293 cm³/mol. The number of nitrogens with zero attached hydrogens (tertiary/aromatic N) is 1. The quantitative estimate of drug-likeness (QED) is 0.179. The molecule has 0 unspecified atom stereocenters. The molecule has 2 aliphatic carbocycles. The van der Waals surface area contributed by atoms with Crippen molar-refractivity contribution in [1.82, 2.24) is 4.57 Å². The van der Waals surface area contributed by atoms with Crippen molar-refractivity contribution in [2.75, 3.05) is 5.32 Å². The van der Waals surface area contributed by atoms with Crippen molar-refractivity contribution in [2.45, 2.75) is 96.8 Å². The van der Waals surface area contributed by atoms with Crippen LogP contribution in [0.25, 0.3) is 91.9 Å². The number of anilines is 2. The second-order valence-electron chi connectivity index (χ2n) is 23.1. The number of fused-ring (bicyclic) bond motifs is 15. The van der Waals surface area contributed by atoms with Gasteiger partial charge in [-0.1, -0.05) is 141 Å². The zero-order valence-corrected chi connectivity index (χ0v) is 41.3. The van der Waals surface area contributed by atoms with Crippen LogP contribution in [0.15, 0.2) is 138 Å². The van der Waals surface area contributed by atoms with Crippen LogP contribution in [0.4, 0.5) is 11.4 Å². The minimum absolute atomic E-state index is 0.0679. The first-order valence-electron chi connectivity index (χ1n) is 24.5. The van der Waals surface area contributed by atoms with Gasteiger partial charge in [0.2, 0.25) is 0 Å². The van der Waals surface area contributed by atoms with E-state index in [1.807, 2.05) is 11.3 Å². The molecule has 5 heteroatoms. The van der Waals surface area contributed by atoms with Crippen LogP contribution in [-0.4, -0.2) is 11.8 Å². The molecule has 3 nitrogen and oxygen atoms in total. The first kappa shape index (κ1) is 40.5. The van der Waals surface area contributed by atoms with E-state index in [2.05, 4.69) is 213 Å². The number of rotatable bonds is 3. The molecule has 4 heterocycles. The van der Waals surface area contributed by atoms with E-state index in [0.717, 1.165) is 33.3 Å². The lowest BCUT2D eigenvalue weighted by molar-refractivity contribution is 0.332. The van der Waals surface area contributed by atoms with Gasteiger partial charge in [0, 0.05) is 75.3 Å². The van der Waals surface area contributed by atoms with Gasteiger partial charge in [-0.25, -0.2) is 0 Å². The molecule has 0 atom stereocenters. The highest BCUT2D eigenvalue weighted by Crippen LogP contribution is 2.52. The van der Waals surface area contributed by atoms with Gasteiger partial charge in [-0.15, -0.1) is 11.3 Å². The highest BCUT2D eigenvalue weighted by atomic mass is 32.1. The lowest BCUT2D eigenvalue weighted by Crippen LogP contribution is -2.38. The third-order valence-electron chi connectivity index (χ3n) is 16.6. The molecule has 0 amide bonds. The summed E-state index contributed by atoms with van der Waals surface area (Å²) in [5.41, 5.74) is 22.6. The Bertz CT molecular complexity index is 4030. The molecule has 11 aromatic rings. The van der Waals surface area contributed by atoms with Crippen molar-refractivity contribution in [1.29, 1.82) is 0 Å². The van der Waals surface area contributed by atoms with Gasteiger partial charge in [0.15, 0.2) is 7.28 Å².